The molecule has 1 aromatic heterocycles. The molecular weight excluding hydrogens is 328 g/mol. The number of hydrogen-bond donors (Lipinski definition) is 1. The summed E-state index contributed by atoms with van der Waals surface area (Å²) >= 11 is 1.80. The lowest BCUT2D eigenvalue weighted by atomic mass is 9.89. The van der Waals surface area contributed by atoms with Gasteiger partial charge in [-0.15, -0.1) is 23.7 Å². The summed E-state index contributed by atoms with van der Waals surface area (Å²) in [5, 5.41) is 3.66. The van der Waals surface area contributed by atoms with Crippen LogP contribution >= 0.6 is 23.7 Å². The molecule has 0 aromatic carbocycles. The zero-order valence-electron chi connectivity index (χ0n) is 14.4. The standard InChI is InChI=1S/C18H28N2OS.ClH/c1-12(2)20(11-17-7-4-13(3)22-17)18(21)10-14-8-15-5-6-16(9-14)19-15;/h4,7,12,14-16,19H,5-6,8-11H2,1-3H3;1H. The maximum Gasteiger partial charge on any atom is 0.223 e. The molecule has 2 unspecified atom stereocenters. The van der Waals surface area contributed by atoms with Gasteiger partial charge >= 0.3 is 0 Å². The van der Waals surface area contributed by atoms with Crippen LogP contribution in [0.4, 0.5) is 0 Å². The van der Waals surface area contributed by atoms with Crippen LogP contribution in [0.25, 0.3) is 0 Å². The van der Waals surface area contributed by atoms with E-state index in [1.165, 1.54) is 35.4 Å². The second-order valence-electron chi connectivity index (χ2n) is 7.31. The molecule has 2 aliphatic heterocycles. The van der Waals surface area contributed by atoms with Gasteiger partial charge in [0.1, 0.15) is 0 Å². The van der Waals surface area contributed by atoms with Gasteiger partial charge in [-0.05, 0) is 64.5 Å². The number of rotatable bonds is 5. The smallest absolute Gasteiger partial charge is 0.223 e. The molecule has 1 amide bonds. The molecule has 3 heterocycles. The Morgan fingerprint density at radius 2 is 1.96 bits per heavy atom. The van der Waals surface area contributed by atoms with E-state index in [1.54, 1.807) is 11.3 Å². The summed E-state index contributed by atoms with van der Waals surface area (Å²) in [6, 6.07) is 5.92. The quantitative estimate of drug-likeness (QED) is 0.860. The zero-order valence-corrected chi connectivity index (χ0v) is 16.0. The van der Waals surface area contributed by atoms with E-state index in [-0.39, 0.29) is 18.4 Å². The van der Waals surface area contributed by atoms with E-state index in [2.05, 4.69) is 43.1 Å². The Morgan fingerprint density at radius 1 is 1.30 bits per heavy atom. The lowest BCUT2D eigenvalue weighted by Crippen LogP contribution is -2.41. The van der Waals surface area contributed by atoms with E-state index < -0.39 is 0 Å². The Morgan fingerprint density at radius 3 is 2.48 bits per heavy atom. The van der Waals surface area contributed by atoms with Crippen molar-refractivity contribution in [3.05, 3.63) is 21.9 Å². The van der Waals surface area contributed by atoms with E-state index in [0.717, 1.165) is 13.0 Å². The van der Waals surface area contributed by atoms with E-state index in [9.17, 15) is 4.79 Å². The number of piperidine rings is 1. The Labute approximate surface area is 150 Å². The van der Waals surface area contributed by atoms with E-state index in [4.69, 9.17) is 0 Å². The first-order valence-electron chi connectivity index (χ1n) is 8.62. The summed E-state index contributed by atoms with van der Waals surface area (Å²) < 4.78 is 0. The first-order valence-corrected chi connectivity index (χ1v) is 9.43. The highest BCUT2D eigenvalue weighted by atomic mass is 35.5. The van der Waals surface area contributed by atoms with Crippen LogP contribution in [0.2, 0.25) is 0 Å². The molecule has 0 radical (unpaired) electrons. The number of nitrogens with one attached hydrogen (secondary N) is 1. The molecule has 1 N–H and O–H groups in total. The van der Waals surface area contributed by atoms with Crippen LogP contribution < -0.4 is 5.32 Å². The van der Waals surface area contributed by atoms with Crippen LogP contribution in [0.5, 0.6) is 0 Å². The monoisotopic (exact) mass is 356 g/mol. The average molecular weight is 357 g/mol. The highest BCUT2D eigenvalue weighted by Gasteiger charge is 2.35. The van der Waals surface area contributed by atoms with Gasteiger partial charge in [-0.2, -0.15) is 0 Å². The van der Waals surface area contributed by atoms with Gasteiger partial charge in [0.05, 0.1) is 6.54 Å². The van der Waals surface area contributed by atoms with E-state index in [0.29, 0.717) is 23.9 Å². The molecule has 0 aliphatic carbocycles. The Bertz CT molecular complexity index is 519. The van der Waals surface area contributed by atoms with Crippen LogP contribution in [0, 0.1) is 12.8 Å². The fourth-order valence-electron chi connectivity index (χ4n) is 4.00. The predicted molar refractivity (Wildman–Crippen MR) is 99.3 cm³/mol. The number of thiophene rings is 1. The zero-order chi connectivity index (χ0) is 15.7. The SMILES string of the molecule is Cc1ccc(CN(C(=O)CC2CC3CCC(C2)N3)C(C)C)s1.Cl. The molecule has 2 saturated heterocycles. The molecular formula is C18H29ClN2OS. The number of halogens is 1. The maximum atomic E-state index is 12.8. The second-order valence-corrected chi connectivity index (χ2v) is 8.68. The third-order valence-corrected chi connectivity index (χ3v) is 6.09. The number of carbonyl (C=O) groups is 1. The molecule has 23 heavy (non-hydrogen) atoms. The number of aryl methyl sites for hydroxylation is 1. The summed E-state index contributed by atoms with van der Waals surface area (Å²) in [6.07, 6.45) is 5.71. The fourth-order valence-corrected chi connectivity index (χ4v) is 4.89. The topological polar surface area (TPSA) is 32.3 Å². The van der Waals surface area contributed by atoms with Crippen LogP contribution in [0.1, 0.15) is 55.7 Å². The van der Waals surface area contributed by atoms with Crippen molar-refractivity contribution < 1.29 is 4.79 Å². The summed E-state index contributed by atoms with van der Waals surface area (Å²) in [6.45, 7) is 7.16. The minimum Gasteiger partial charge on any atom is -0.335 e. The highest BCUT2D eigenvalue weighted by molar-refractivity contribution is 7.11. The minimum absolute atomic E-state index is 0. The van der Waals surface area contributed by atoms with Crippen molar-refractivity contribution in [2.75, 3.05) is 0 Å². The maximum absolute atomic E-state index is 12.8. The summed E-state index contributed by atoms with van der Waals surface area (Å²) in [7, 11) is 0. The summed E-state index contributed by atoms with van der Waals surface area (Å²) in [5.41, 5.74) is 0. The molecule has 0 saturated carbocycles. The molecule has 3 nitrogen and oxygen atoms in total. The fraction of sp³-hybridized carbons (Fsp3) is 0.722. The molecule has 2 aliphatic rings. The lowest BCUT2D eigenvalue weighted by molar-refractivity contribution is -0.134. The van der Waals surface area contributed by atoms with Gasteiger partial charge in [0, 0.05) is 34.3 Å². The number of nitrogens with zero attached hydrogens (tertiary/aromatic N) is 1. The van der Waals surface area contributed by atoms with Gasteiger partial charge in [-0.3, -0.25) is 4.79 Å². The molecule has 5 heteroatoms. The summed E-state index contributed by atoms with van der Waals surface area (Å²) in [4.78, 5) is 17.5. The number of carbonyl (C=O) groups excluding carboxylic acids is 1. The second kappa shape index (κ2) is 8.00. The Hall–Kier alpha value is -0.580. The van der Waals surface area contributed by atoms with Gasteiger partial charge in [-0.1, -0.05) is 0 Å². The van der Waals surface area contributed by atoms with E-state index in [1.807, 2.05) is 0 Å². The largest absolute Gasteiger partial charge is 0.335 e. The Kier molecular flexibility index (Phi) is 6.52. The first-order chi connectivity index (χ1) is 10.5. The third kappa shape index (κ3) is 4.71. The molecule has 3 rings (SSSR count). The third-order valence-electron chi connectivity index (χ3n) is 5.10. The van der Waals surface area contributed by atoms with Crippen molar-refractivity contribution in [1.29, 1.82) is 0 Å². The van der Waals surface area contributed by atoms with Crippen LogP contribution in [-0.4, -0.2) is 28.9 Å². The number of amides is 1. The van der Waals surface area contributed by atoms with Crippen molar-refractivity contribution in [3.8, 4) is 0 Å². The molecule has 1 aromatic rings. The van der Waals surface area contributed by atoms with Gasteiger partial charge in [0.25, 0.3) is 0 Å². The molecule has 2 atom stereocenters. The minimum atomic E-state index is 0. The van der Waals surface area contributed by atoms with Crippen LogP contribution in [-0.2, 0) is 11.3 Å². The van der Waals surface area contributed by atoms with Crippen molar-refractivity contribution >= 4 is 29.7 Å². The van der Waals surface area contributed by atoms with Crippen LogP contribution in [0.15, 0.2) is 12.1 Å². The highest BCUT2D eigenvalue weighted by Crippen LogP contribution is 2.33. The van der Waals surface area contributed by atoms with Gasteiger partial charge in [0.2, 0.25) is 5.91 Å². The normalized spacial score (nSPS) is 26.2. The van der Waals surface area contributed by atoms with Crippen LogP contribution in [0.3, 0.4) is 0 Å². The van der Waals surface area contributed by atoms with Gasteiger partial charge in [-0.25, -0.2) is 0 Å². The molecule has 2 fully saturated rings. The van der Waals surface area contributed by atoms with Crippen molar-refractivity contribution in [2.24, 2.45) is 5.92 Å². The van der Waals surface area contributed by atoms with Gasteiger partial charge < -0.3 is 10.2 Å². The first kappa shape index (κ1) is 18.8. The average Bonchev–Trinajstić information content (AvgIpc) is 3.01. The number of hydrogen-bond acceptors (Lipinski definition) is 3. The van der Waals surface area contributed by atoms with E-state index >= 15 is 0 Å². The lowest BCUT2D eigenvalue weighted by Gasteiger charge is -2.32. The summed E-state index contributed by atoms with van der Waals surface area (Å²) in [5.74, 6) is 0.921. The Balaban J connectivity index is 0.00000192. The molecule has 130 valence electrons. The number of fused-ring (bicyclic) bond motifs is 2. The van der Waals surface area contributed by atoms with Crippen molar-refractivity contribution in [2.45, 2.75) is 77.5 Å². The van der Waals surface area contributed by atoms with Crippen molar-refractivity contribution in [1.82, 2.24) is 10.2 Å². The van der Waals surface area contributed by atoms with Gasteiger partial charge in [0.15, 0.2) is 0 Å². The molecule has 2 bridgehead atoms. The predicted octanol–water partition coefficient (Wildman–Crippen LogP) is 4.14. The molecule has 0 spiro atoms. The van der Waals surface area contributed by atoms with Crippen molar-refractivity contribution in [3.63, 3.8) is 0 Å².